The number of hydrogen-bond donors (Lipinski definition) is 0. The van der Waals surface area contributed by atoms with E-state index in [-0.39, 0.29) is 27.6 Å². The van der Waals surface area contributed by atoms with Crippen molar-refractivity contribution in [2.75, 3.05) is 10.9 Å². The number of anilines is 1. The second-order valence-corrected chi connectivity index (χ2v) is 11.8. The smallest absolute Gasteiger partial charge is 0.429 e. The average molecular weight is 564 g/mol. The number of benzene rings is 3. The number of amides is 1. The minimum atomic E-state index is -4.16. The third-order valence-electron chi connectivity index (χ3n) is 6.67. The Bertz CT molecular complexity index is 1690. The summed E-state index contributed by atoms with van der Waals surface area (Å²) >= 11 is 6.50. The van der Waals surface area contributed by atoms with Gasteiger partial charge in [-0.2, -0.15) is 0 Å². The third-order valence-corrected chi connectivity index (χ3v) is 8.72. The molecule has 0 bridgehead atoms. The van der Waals surface area contributed by atoms with Gasteiger partial charge >= 0.3 is 5.91 Å². The molecular formula is C29H26ClN3O5S. The number of aryl methyl sites for hydroxylation is 1. The maximum absolute atomic E-state index is 14.0. The predicted molar refractivity (Wildman–Crippen MR) is 151 cm³/mol. The highest BCUT2D eigenvalue weighted by Crippen LogP contribution is 2.34. The first-order valence-electron chi connectivity index (χ1n) is 12.4. The van der Waals surface area contributed by atoms with Crippen LogP contribution in [0.15, 0.2) is 77.8 Å². The van der Waals surface area contributed by atoms with Crippen LogP contribution in [-0.2, 0) is 16.6 Å². The highest BCUT2D eigenvalue weighted by Gasteiger charge is 2.29. The Labute approximate surface area is 231 Å². The van der Waals surface area contributed by atoms with Crippen LogP contribution in [0.4, 0.5) is 5.82 Å². The maximum Gasteiger partial charge on any atom is 0.429 e. The Morgan fingerprint density at radius 1 is 1.15 bits per heavy atom. The van der Waals surface area contributed by atoms with Crippen LogP contribution in [0.5, 0.6) is 5.75 Å². The van der Waals surface area contributed by atoms with Gasteiger partial charge in [0.05, 0.1) is 28.6 Å². The molecule has 4 aromatic rings. The standard InChI is InChI=1S/C29H26ClN3O5S/c1-19-25-6-4-3-5-23(25)16-31-28(19)33(17-21-9-14-27(26(30)15-21)38-18-20-7-8-20)39(36,37)24-12-10-22(11-13-24)29(34)32(2)35/h3-6,9-16,20H,2,7-8,17-18H2,1H3. The largest absolute Gasteiger partial charge is 0.616 e. The summed E-state index contributed by atoms with van der Waals surface area (Å²) in [5.41, 5.74) is 1.36. The average Bonchev–Trinajstić information content (AvgIpc) is 3.76. The Morgan fingerprint density at radius 3 is 2.54 bits per heavy atom. The molecule has 0 atom stereocenters. The number of aromatic nitrogens is 1. The molecular weight excluding hydrogens is 538 g/mol. The molecule has 1 aliphatic carbocycles. The van der Waals surface area contributed by atoms with Crippen LogP contribution in [0.1, 0.15) is 34.3 Å². The molecule has 1 aromatic heterocycles. The number of carbonyl (C=O) groups is 1. The molecule has 1 saturated carbocycles. The lowest BCUT2D eigenvalue weighted by Gasteiger charge is -2.26. The summed E-state index contributed by atoms with van der Waals surface area (Å²) in [5.74, 6) is 0.513. The quantitative estimate of drug-likeness (QED) is 0.111. The number of rotatable bonds is 9. The first kappa shape index (κ1) is 26.6. The molecule has 1 heterocycles. The number of pyridine rings is 1. The van der Waals surface area contributed by atoms with Crippen molar-refractivity contribution in [3.63, 3.8) is 0 Å². The SMILES string of the molecule is C=[N+]([O-])C(=O)c1ccc(S(=O)(=O)N(Cc2ccc(OCC3CC3)c(Cl)c2)c2ncc3ccccc3c2C)cc1. The van der Waals surface area contributed by atoms with Gasteiger partial charge in [-0.3, -0.25) is 0 Å². The minimum Gasteiger partial charge on any atom is -0.616 e. The van der Waals surface area contributed by atoms with Gasteiger partial charge in [-0.1, -0.05) is 41.9 Å². The van der Waals surface area contributed by atoms with Crippen LogP contribution < -0.4 is 9.04 Å². The minimum absolute atomic E-state index is 0.0269. The summed E-state index contributed by atoms with van der Waals surface area (Å²) in [7, 11) is -4.16. The Hall–Kier alpha value is -3.95. The van der Waals surface area contributed by atoms with Crippen LogP contribution in [0.3, 0.4) is 0 Å². The third kappa shape index (κ3) is 5.60. The summed E-state index contributed by atoms with van der Waals surface area (Å²) < 4.78 is 35.1. The lowest BCUT2D eigenvalue weighted by molar-refractivity contribution is -0.342. The van der Waals surface area contributed by atoms with Crippen LogP contribution in [-0.4, -0.2) is 37.4 Å². The van der Waals surface area contributed by atoms with Gasteiger partial charge in [0.15, 0.2) is 0 Å². The molecule has 0 spiro atoms. The van der Waals surface area contributed by atoms with Crippen LogP contribution >= 0.6 is 11.6 Å². The van der Waals surface area contributed by atoms with Gasteiger partial charge in [-0.05, 0) is 73.0 Å². The summed E-state index contributed by atoms with van der Waals surface area (Å²) in [6, 6.07) is 18.0. The monoisotopic (exact) mass is 563 g/mol. The number of halogens is 1. The van der Waals surface area contributed by atoms with Crippen molar-refractivity contribution in [2.45, 2.75) is 31.2 Å². The van der Waals surface area contributed by atoms with Gasteiger partial charge in [0.1, 0.15) is 18.3 Å². The first-order chi connectivity index (χ1) is 18.6. The van der Waals surface area contributed by atoms with E-state index >= 15 is 0 Å². The van der Waals surface area contributed by atoms with Gasteiger partial charge in [0, 0.05) is 17.1 Å². The summed E-state index contributed by atoms with van der Waals surface area (Å²) in [5, 5.41) is 13.4. The zero-order chi connectivity index (χ0) is 27.7. The zero-order valence-electron chi connectivity index (χ0n) is 21.2. The number of hydroxylamine groups is 1. The van der Waals surface area contributed by atoms with E-state index in [1.165, 1.54) is 28.6 Å². The molecule has 0 aliphatic heterocycles. The van der Waals surface area contributed by atoms with Crippen molar-refractivity contribution in [1.82, 2.24) is 4.98 Å². The van der Waals surface area contributed by atoms with Gasteiger partial charge in [-0.15, -0.1) is 4.74 Å². The zero-order valence-corrected chi connectivity index (χ0v) is 22.8. The van der Waals surface area contributed by atoms with Gasteiger partial charge < -0.3 is 9.94 Å². The molecule has 0 radical (unpaired) electrons. The lowest BCUT2D eigenvalue weighted by atomic mass is 10.1. The molecule has 3 aromatic carbocycles. The van der Waals surface area contributed by atoms with E-state index in [0.717, 1.165) is 23.6 Å². The molecule has 1 amide bonds. The number of nitrogens with zero attached hydrogens (tertiary/aromatic N) is 3. The molecule has 1 aliphatic rings. The second kappa shape index (κ2) is 10.7. The molecule has 0 N–H and O–H groups in total. The lowest BCUT2D eigenvalue weighted by Crippen LogP contribution is -2.32. The predicted octanol–water partition coefficient (Wildman–Crippen LogP) is 5.73. The highest BCUT2D eigenvalue weighted by molar-refractivity contribution is 7.92. The number of carbonyl (C=O) groups excluding carboxylic acids is 1. The number of sulfonamides is 1. The fourth-order valence-electron chi connectivity index (χ4n) is 4.28. The van der Waals surface area contributed by atoms with E-state index in [0.29, 0.717) is 34.4 Å². The van der Waals surface area contributed by atoms with Crippen LogP contribution in [0.25, 0.3) is 10.8 Å². The molecule has 10 heteroatoms. The molecule has 0 unspecified atom stereocenters. The fourth-order valence-corrected chi connectivity index (χ4v) is 6.01. The number of hydrogen-bond acceptors (Lipinski definition) is 6. The Balaban J connectivity index is 1.55. The van der Waals surface area contributed by atoms with Crippen molar-refractivity contribution < 1.29 is 22.7 Å². The Kier molecular flexibility index (Phi) is 7.29. The van der Waals surface area contributed by atoms with Crippen molar-refractivity contribution in [2.24, 2.45) is 5.92 Å². The maximum atomic E-state index is 14.0. The summed E-state index contributed by atoms with van der Waals surface area (Å²) in [6.45, 7) is 5.43. The topological polar surface area (TPSA) is 103 Å². The molecule has 39 heavy (non-hydrogen) atoms. The van der Waals surface area contributed by atoms with E-state index in [1.54, 1.807) is 24.4 Å². The van der Waals surface area contributed by atoms with Crippen LogP contribution in [0.2, 0.25) is 5.02 Å². The van der Waals surface area contributed by atoms with E-state index in [9.17, 15) is 18.4 Å². The molecule has 200 valence electrons. The fraction of sp³-hybridized carbons (Fsp3) is 0.207. The van der Waals surface area contributed by atoms with Crippen molar-refractivity contribution in [3.8, 4) is 5.75 Å². The molecule has 1 fully saturated rings. The van der Waals surface area contributed by atoms with Crippen molar-refractivity contribution in [3.05, 3.63) is 99.8 Å². The van der Waals surface area contributed by atoms with Gasteiger partial charge in [0.25, 0.3) is 10.0 Å². The van der Waals surface area contributed by atoms with Gasteiger partial charge in [-0.25, -0.2) is 22.5 Å². The van der Waals surface area contributed by atoms with Crippen molar-refractivity contribution in [1.29, 1.82) is 0 Å². The first-order valence-corrected chi connectivity index (χ1v) is 14.2. The van der Waals surface area contributed by atoms with E-state index in [4.69, 9.17) is 16.3 Å². The molecule has 5 rings (SSSR count). The molecule has 8 nitrogen and oxygen atoms in total. The summed E-state index contributed by atoms with van der Waals surface area (Å²) in [6.07, 6.45) is 3.95. The highest BCUT2D eigenvalue weighted by atomic mass is 35.5. The number of fused-ring (bicyclic) bond motifs is 1. The van der Waals surface area contributed by atoms with Crippen LogP contribution in [0, 0.1) is 18.0 Å². The normalized spacial score (nSPS) is 13.3. The van der Waals surface area contributed by atoms with E-state index in [2.05, 4.69) is 11.7 Å². The number of ether oxygens (including phenoxy) is 1. The molecule has 0 saturated heterocycles. The van der Waals surface area contributed by atoms with Gasteiger partial charge in [0.2, 0.25) is 0 Å². The van der Waals surface area contributed by atoms with E-state index in [1.807, 2.05) is 31.2 Å². The van der Waals surface area contributed by atoms with Crippen molar-refractivity contribution >= 4 is 50.8 Å². The second-order valence-electron chi connectivity index (χ2n) is 9.53. The van der Waals surface area contributed by atoms with E-state index < -0.39 is 15.9 Å². The summed E-state index contributed by atoms with van der Waals surface area (Å²) in [4.78, 5) is 16.4. The Morgan fingerprint density at radius 2 is 1.87 bits per heavy atom.